The van der Waals surface area contributed by atoms with Crippen molar-refractivity contribution in [3.63, 3.8) is 0 Å². The van der Waals surface area contributed by atoms with Gasteiger partial charge in [0, 0.05) is 19.3 Å². The van der Waals surface area contributed by atoms with Crippen LogP contribution in [0.4, 0.5) is 0 Å². The van der Waals surface area contributed by atoms with Crippen molar-refractivity contribution in [1.29, 1.82) is 0 Å². The van der Waals surface area contributed by atoms with Gasteiger partial charge in [0.05, 0.1) is 0 Å². The van der Waals surface area contributed by atoms with Gasteiger partial charge in [0.25, 0.3) is 0 Å². The highest BCUT2D eigenvalue weighted by Crippen LogP contribution is 2.15. The van der Waals surface area contributed by atoms with Crippen LogP contribution >= 0.6 is 0 Å². The number of hydrogen-bond donors (Lipinski definition) is 0. The molecular formula is C63H108O6. The van der Waals surface area contributed by atoms with E-state index in [1.807, 2.05) is 0 Å². The molecule has 0 aliphatic carbocycles. The Morgan fingerprint density at radius 1 is 0.304 bits per heavy atom. The minimum absolute atomic E-state index is 0.0786. The van der Waals surface area contributed by atoms with Crippen LogP contribution in [0, 0.1) is 0 Å². The van der Waals surface area contributed by atoms with Gasteiger partial charge in [-0.25, -0.2) is 0 Å². The molecule has 0 aliphatic heterocycles. The topological polar surface area (TPSA) is 78.9 Å². The minimum Gasteiger partial charge on any atom is -0.462 e. The number of esters is 3. The fourth-order valence-electron chi connectivity index (χ4n) is 8.03. The number of carbonyl (C=O) groups is 3. The van der Waals surface area contributed by atoms with Gasteiger partial charge in [-0.2, -0.15) is 0 Å². The van der Waals surface area contributed by atoms with E-state index in [1.54, 1.807) is 0 Å². The Morgan fingerprint density at radius 2 is 0.565 bits per heavy atom. The highest BCUT2D eigenvalue weighted by atomic mass is 16.6. The zero-order valence-electron chi connectivity index (χ0n) is 45.3. The normalized spacial score (nSPS) is 12.7. The monoisotopic (exact) mass is 961 g/mol. The second-order valence-electron chi connectivity index (χ2n) is 19.2. The molecule has 0 bridgehead atoms. The molecule has 0 saturated heterocycles. The van der Waals surface area contributed by atoms with Gasteiger partial charge < -0.3 is 14.2 Å². The molecule has 0 aromatic rings. The minimum atomic E-state index is -0.776. The van der Waals surface area contributed by atoms with Gasteiger partial charge in [0.1, 0.15) is 13.2 Å². The lowest BCUT2D eigenvalue weighted by Gasteiger charge is -2.18. The van der Waals surface area contributed by atoms with E-state index in [0.717, 1.165) is 103 Å². The van der Waals surface area contributed by atoms with E-state index in [-0.39, 0.29) is 31.1 Å². The lowest BCUT2D eigenvalue weighted by molar-refractivity contribution is -0.167. The molecule has 0 amide bonds. The first-order valence-electron chi connectivity index (χ1n) is 29.1. The van der Waals surface area contributed by atoms with Crippen LogP contribution in [-0.2, 0) is 28.6 Å². The molecule has 1 unspecified atom stereocenters. The van der Waals surface area contributed by atoms with Crippen LogP contribution in [0.5, 0.6) is 0 Å². The molecule has 0 rings (SSSR count). The Kier molecular flexibility index (Phi) is 54.3. The maximum atomic E-state index is 12.8. The van der Waals surface area contributed by atoms with Crippen molar-refractivity contribution in [3.05, 3.63) is 85.1 Å². The number of carbonyl (C=O) groups excluding carboxylic acids is 3. The van der Waals surface area contributed by atoms with Gasteiger partial charge in [0.15, 0.2) is 6.10 Å². The van der Waals surface area contributed by atoms with E-state index in [1.165, 1.54) is 135 Å². The largest absolute Gasteiger partial charge is 0.462 e. The summed E-state index contributed by atoms with van der Waals surface area (Å²) in [5.74, 6) is -0.894. The van der Waals surface area contributed by atoms with E-state index < -0.39 is 6.10 Å². The van der Waals surface area contributed by atoms with Crippen molar-refractivity contribution in [2.45, 2.75) is 284 Å². The van der Waals surface area contributed by atoms with Crippen molar-refractivity contribution < 1.29 is 28.6 Å². The van der Waals surface area contributed by atoms with Crippen molar-refractivity contribution in [2.24, 2.45) is 0 Å². The Morgan fingerprint density at radius 3 is 0.913 bits per heavy atom. The van der Waals surface area contributed by atoms with E-state index in [2.05, 4.69) is 106 Å². The Balaban J connectivity index is 4.08. The van der Waals surface area contributed by atoms with Crippen molar-refractivity contribution >= 4 is 17.9 Å². The van der Waals surface area contributed by atoms with E-state index in [9.17, 15) is 14.4 Å². The number of hydrogen-bond acceptors (Lipinski definition) is 6. The number of rotatable bonds is 52. The predicted molar refractivity (Wildman–Crippen MR) is 297 cm³/mol. The van der Waals surface area contributed by atoms with Crippen LogP contribution in [0.25, 0.3) is 0 Å². The molecular weight excluding hydrogens is 853 g/mol. The molecule has 0 radical (unpaired) electrons. The van der Waals surface area contributed by atoms with Gasteiger partial charge in [-0.3, -0.25) is 14.4 Å². The lowest BCUT2D eigenvalue weighted by atomic mass is 10.0. The summed E-state index contributed by atoms with van der Waals surface area (Å²) in [5.41, 5.74) is 0. The quantitative estimate of drug-likeness (QED) is 0.0262. The molecule has 0 aromatic carbocycles. The van der Waals surface area contributed by atoms with Gasteiger partial charge in [0.2, 0.25) is 0 Å². The van der Waals surface area contributed by atoms with Crippen molar-refractivity contribution in [3.8, 4) is 0 Å². The summed E-state index contributed by atoms with van der Waals surface area (Å²) >= 11 is 0. The van der Waals surface area contributed by atoms with Crippen LogP contribution in [0.15, 0.2) is 85.1 Å². The first-order chi connectivity index (χ1) is 34.0. The van der Waals surface area contributed by atoms with E-state index in [4.69, 9.17) is 14.2 Å². The third-order valence-corrected chi connectivity index (χ3v) is 12.4. The van der Waals surface area contributed by atoms with Crippen LogP contribution < -0.4 is 0 Å². The first-order valence-corrected chi connectivity index (χ1v) is 29.1. The highest BCUT2D eigenvalue weighted by Gasteiger charge is 2.19. The second-order valence-corrected chi connectivity index (χ2v) is 19.2. The standard InChI is InChI=1S/C63H108O6/c1-4-7-10-13-15-17-19-21-23-25-27-28-29-30-31-32-33-34-36-37-39-41-43-45-47-50-53-56-62(65)68-59-60(58-67-61(64)55-52-49-12-9-6-3)69-63(66)57-54-51-48-46-44-42-40-38-35-26-24-22-20-18-16-14-11-8-5-2/h7,10,15-18,21-24,27-28,30-31,60H,4-6,8-9,11-14,19-20,25-26,29,32-59H2,1-3H3/b10-7-,17-15-,18-16-,23-21-,24-22-,28-27-,31-30-. The molecule has 0 heterocycles. The molecule has 6 nitrogen and oxygen atoms in total. The molecule has 1 atom stereocenters. The lowest BCUT2D eigenvalue weighted by Crippen LogP contribution is -2.30. The molecule has 6 heteroatoms. The summed E-state index contributed by atoms with van der Waals surface area (Å²) in [7, 11) is 0. The van der Waals surface area contributed by atoms with E-state index in [0.29, 0.717) is 19.3 Å². The van der Waals surface area contributed by atoms with Gasteiger partial charge in [-0.15, -0.1) is 0 Å². The van der Waals surface area contributed by atoms with Gasteiger partial charge in [-0.05, 0) is 96.3 Å². The summed E-state index contributed by atoms with van der Waals surface area (Å²) < 4.78 is 16.7. The maximum Gasteiger partial charge on any atom is 0.306 e. The molecule has 0 saturated carbocycles. The molecule has 0 aromatic heterocycles. The molecule has 396 valence electrons. The Hall–Kier alpha value is -3.41. The molecule has 69 heavy (non-hydrogen) atoms. The first kappa shape index (κ1) is 65.6. The third-order valence-electron chi connectivity index (χ3n) is 12.4. The molecule has 0 N–H and O–H groups in total. The fourth-order valence-corrected chi connectivity index (χ4v) is 8.03. The maximum absolute atomic E-state index is 12.8. The molecule has 0 spiro atoms. The zero-order chi connectivity index (χ0) is 50.0. The summed E-state index contributed by atoms with van der Waals surface area (Å²) in [5, 5.41) is 0. The van der Waals surface area contributed by atoms with Crippen molar-refractivity contribution in [2.75, 3.05) is 13.2 Å². The predicted octanol–water partition coefficient (Wildman–Crippen LogP) is 19.5. The second kappa shape index (κ2) is 57.2. The summed E-state index contributed by atoms with van der Waals surface area (Å²) in [6.07, 6.45) is 74.8. The third kappa shape index (κ3) is 55.4. The summed E-state index contributed by atoms with van der Waals surface area (Å²) in [6, 6.07) is 0. The van der Waals surface area contributed by atoms with Crippen molar-refractivity contribution in [1.82, 2.24) is 0 Å². The average Bonchev–Trinajstić information content (AvgIpc) is 3.35. The number of ether oxygens (including phenoxy) is 3. The number of unbranched alkanes of at least 4 members (excludes halogenated alkanes) is 27. The van der Waals surface area contributed by atoms with E-state index >= 15 is 0 Å². The van der Waals surface area contributed by atoms with Gasteiger partial charge in [-0.1, -0.05) is 247 Å². The van der Waals surface area contributed by atoms with Crippen LogP contribution in [-0.4, -0.2) is 37.2 Å². The zero-order valence-corrected chi connectivity index (χ0v) is 45.3. The summed E-state index contributed by atoms with van der Waals surface area (Å²) in [6.45, 7) is 6.43. The highest BCUT2D eigenvalue weighted by molar-refractivity contribution is 5.71. The smallest absolute Gasteiger partial charge is 0.306 e. The Labute approximate surface area is 426 Å². The fraction of sp³-hybridized carbons (Fsp3) is 0.730. The van der Waals surface area contributed by atoms with Crippen LogP contribution in [0.2, 0.25) is 0 Å². The summed E-state index contributed by atoms with van der Waals surface area (Å²) in [4.78, 5) is 37.8. The SMILES string of the molecule is CC/C=C\C/C=C\C/C=C\C/C=C\C/C=C\CCCCCCCCCCCCCC(=O)OCC(COC(=O)CCCCCCC)OC(=O)CCCCCCCCCCC/C=C\C/C=C\CCCCC. The Bertz CT molecular complexity index is 1330. The molecule has 0 aliphatic rings. The van der Waals surface area contributed by atoms with Crippen LogP contribution in [0.1, 0.15) is 278 Å². The average molecular weight is 962 g/mol. The number of allylic oxidation sites excluding steroid dienone is 14. The van der Waals surface area contributed by atoms with Gasteiger partial charge >= 0.3 is 17.9 Å². The van der Waals surface area contributed by atoms with Crippen LogP contribution in [0.3, 0.4) is 0 Å². The molecule has 0 fully saturated rings.